The molecule has 1 aliphatic rings. The molecule has 0 atom stereocenters. The number of nitrogens with two attached hydrogens (primary N) is 1. The first kappa shape index (κ1) is 11.3. The number of aromatic nitrogens is 3. The summed E-state index contributed by atoms with van der Waals surface area (Å²) in [4.78, 5) is 13.2. The quantitative estimate of drug-likeness (QED) is 0.718. The Labute approximate surface area is 97.6 Å². The minimum atomic E-state index is -2.92. The van der Waals surface area contributed by atoms with Crippen molar-refractivity contribution < 1.29 is 8.42 Å². The fourth-order valence-electron chi connectivity index (χ4n) is 1.41. The summed E-state index contributed by atoms with van der Waals surface area (Å²) in [5, 5.41) is 0.0101. The van der Waals surface area contributed by atoms with Gasteiger partial charge in [0.25, 0.3) is 0 Å². The predicted molar refractivity (Wildman–Crippen MR) is 60.1 cm³/mol. The molecule has 1 fully saturated rings. The molecule has 88 valence electrons. The maximum atomic E-state index is 11.2. The van der Waals surface area contributed by atoms with Crippen molar-refractivity contribution in [1.29, 1.82) is 0 Å². The fourth-order valence-corrected chi connectivity index (χ4v) is 2.77. The second-order valence-corrected chi connectivity index (χ2v) is 6.04. The van der Waals surface area contributed by atoms with Crippen LogP contribution in [0.1, 0.15) is 0 Å². The maximum Gasteiger partial charge on any atom is 0.231 e. The summed E-state index contributed by atoms with van der Waals surface area (Å²) < 4.78 is 22.5. The van der Waals surface area contributed by atoms with Gasteiger partial charge in [0.05, 0.1) is 11.5 Å². The second kappa shape index (κ2) is 4.02. The van der Waals surface area contributed by atoms with Crippen molar-refractivity contribution in [3.63, 3.8) is 0 Å². The fraction of sp³-hybridized carbons (Fsp3) is 0.571. The largest absolute Gasteiger partial charge is 0.368 e. The van der Waals surface area contributed by atoms with Crippen LogP contribution in [0.5, 0.6) is 0 Å². The van der Waals surface area contributed by atoms with E-state index in [0.717, 1.165) is 0 Å². The van der Waals surface area contributed by atoms with E-state index < -0.39 is 9.84 Å². The number of sulfone groups is 1. The first-order valence-electron chi connectivity index (χ1n) is 4.59. The Bertz CT molecular complexity index is 471. The number of hydrogen-bond donors (Lipinski definition) is 1. The lowest BCUT2D eigenvalue weighted by Crippen LogP contribution is -2.41. The van der Waals surface area contributed by atoms with Gasteiger partial charge in [0.15, 0.2) is 9.84 Å². The van der Waals surface area contributed by atoms with Gasteiger partial charge in [-0.2, -0.15) is 15.0 Å². The number of rotatable bonds is 1. The van der Waals surface area contributed by atoms with E-state index in [4.69, 9.17) is 17.3 Å². The van der Waals surface area contributed by atoms with Gasteiger partial charge >= 0.3 is 0 Å². The predicted octanol–water partition coefficient (Wildman–Crippen LogP) is -0.658. The minimum absolute atomic E-state index is 0.0101. The van der Waals surface area contributed by atoms with Gasteiger partial charge in [-0.1, -0.05) is 0 Å². The third kappa shape index (κ3) is 2.50. The summed E-state index contributed by atoms with van der Waals surface area (Å²) in [6, 6.07) is 0. The summed E-state index contributed by atoms with van der Waals surface area (Å²) >= 11 is 5.64. The van der Waals surface area contributed by atoms with Crippen LogP contribution in [0.3, 0.4) is 0 Å². The summed E-state index contributed by atoms with van der Waals surface area (Å²) in [6.07, 6.45) is 0. The molecule has 1 aromatic heterocycles. The summed E-state index contributed by atoms with van der Waals surface area (Å²) in [7, 11) is -2.92. The molecule has 0 amide bonds. The van der Waals surface area contributed by atoms with Crippen LogP contribution in [-0.2, 0) is 9.84 Å². The first-order chi connectivity index (χ1) is 7.46. The number of hydrogen-bond acceptors (Lipinski definition) is 7. The van der Waals surface area contributed by atoms with Crippen molar-refractivity contribution in [3.05, 3.63) is 5.28 Å². The molecule has 2 N–H and O–H groups in total. The van der Waals surface area contributed by atoms with Gasteiger partial charge in [0, 0.05) is 13.1 Å². The highest BCUT2D eigenvalue weighted by atomic mass is 35.5. The van der Waals surface area contributed by atoms with Crippen molar-refractivity contribution in [2.24, 2.45) is 0 Å². The van der Waals surface area contributed by atoms with Crippen LogP contribution in [0.25, 0.3) is 0 Å². The van der Waals surface area contributed by atoms with Gasteiger partial charge in [0.1, 0.15) is 0 Å². The van der Waals surface area contributed by atoms with Crippen LogP contribution in [-0.4, -0.2) is 48.0 Å². The highest BCUT2D eigenvalue weighted by Gasteiger charge is 2.23. The summed E-state index contributed by atoms with van der Waals surface area (Å²) in [6.45, 7) is 0.699. The number of nitrogen functional groups attached to an aromatic ring is 1. The van der Waals surface area contributed by atoms with E-state index in [2.05, 4.69) is 15.0 Å². The average molecular weight is 264 g/mol. The Morgan fingerprint density at radius 1 is 1.19 bits per heavy atom. The third-order valence-corrected chi connectivity index (χ3v) is 4.02. The Balaban J connectivity index is 2.20. The van der Waals surface area contributed by atoms with Crippen LogP contribution >= 0.6 is 11.6 Å². The molecule has 0 unspecified atom stereocenters. The van der Waals surface area contributed by atoms with E-state index in [-0.39, 0.29) is 22.7 Å². The van der Waals surface area contributed by atoms with Crippen molar-refractivity contribution in [1.82, 2.24) is 15.0 Å². The van der Waals surface area contributed by atoms with E-state index in [9.17, 15) is 8.42 Å². The smallest absolute Gasteiger partial charge is 0.231 e. The van der Waals surface area contributed by atoms with Crippen LogP contribution in [0, 0.1) is 0 Å². The molecular weight excluding hydrogens is 254 g/mol. The van der Waals surface area contributed by atoms with E-state index in [1.165, 1.54) is 0 Å². The van der Waals surface area contributed by atoms with Gasteiger partial charge < -0.3 is 10.6 Å². The first-order valence-corrected chi connectivity index (χ1v) is 6.79. The average Bonchev–Trinajstić information content (AvgIpc) is 2.15. The van der Waals surface area contributed by atoms with Crippen molar-refractivity contribution in [2.45, 2.75) is 0 Å². The van der Waals surface area contributed by atoms with Gasteiger partial charge in [-0.15, -0.1) is 0 Å². The molecule has 0 spiro atoms. The molecular formula is C7H10ClN5O2S. The van der Waals surface area contributed by atoms with E-state index in [0.29, 0.717) is 19.0 Å². The lowest BCUT2D eigenvalue weighted by molar-refractivity contribution is 0.585. The molecule has 0 aliphatic carbocycles. The lowest BCUT2D eigenvalue weighted by Gasteiger charge is -2.26. The second-order valence-electron chi connectivity index (χ2n) is 3.40. The third-order valence-electron chi connectivity index (χ3n) is 2.24. The zero-order chi connectivity index (χ0) is 11.8. The Hall–Kier alpha value is -1.15. The zero-order valence-corrected chi connectivity index (χ0v) is 9.87. The molecule has 2 rings (SSSR count). The Morgan fingerprint density at radius 2 is 1.81 bits per heavy atom. The van der Waals surface area contributed by atoms with Gasteiger partial charge in [-0.05, 0) is 11.6 Å². The van der Waals surface area contributed by atoms with Crippen molar-refractivity contribution in [3.8, 4) is 0 Å². The highest BCUT2D eigenvalue weighted by Crippen LogP contribution is 2.14. The van der Waals surface area contributed by atoms with E-state index >= 15 is 0 Å². The molecule has 7 nitrogen and oxygen atoms in total. The van der Waals surface area contributed by atoms with Crippen molar-refractivity contribution >= 4 is 33.3 Å². The molecule has 1 aliphatic heterocycles. The molecule has 1 aromatic rings. The van der Waals surface area contributed by atoms with Gasteiger partial charge in [-0.3, -0.25) is 0 Å². The standard InChI is InChI=1S/C7H10ClN5O2S/c8-5-10-6(9)12-7(11-5)13-1-3-16(14,15)4-2-13/h1-4H2,(H2,9,10,11,12). The topological polar surface area (TPSA) is 102 Å². The number of anilines is 2. The minimum Gasteiger partial charge on any atom is -0.368 e. The zero-order valence-electron chi connectivity index (χ0n) is 8.30. The molecule has 0 saturated carbocycles. The number of nitrogens with zero attached hydrogens (tertiary/aromatic N) is 4. The molecule has 16 heavy (non-hydrogen) atoms. The van der Waals surface area contributed by atoms with E-state index in [1.54, 1.807) is 4.90 Å². The molecule has 0 radical (unpaired) electrons. The van der Waals surface area contributed by atoms with Crippen LogP contribution in [0.15, 0.2) is 0 Å². The van der Waals surface area contributed by atoms with Crippen LogP contribution in [0.4, 0.5) is 11.9 Å². The van der Waals surface area contributed by atoms with Crippen molar-refractivity contribution in [2.75, 3.05) is 35.2 Å². The van der Waals surface area contributed by atoms with Gasteiger partial charge in [0.2, 0.25) is 17.2 Å². The molecule has 0 bridgehead atoms. The highest BCUT2D eigenvalue weighted by molar-refractivity contribution is 7.91. The Morgan fingerprint density at radius 3 is 2.38 bits per heavy atom. The van der Waals surface area contributed by atoms with Gasteiger partial charge in [-0.25, -0.2) is 8.42 Å². The summed E-state index contributed by atoms with van der Waals surface area (Å²) in [5.41, 5.74) is 5.43. The van der Waals surface area contributed by atoms with E-state index in [1.807, 2.05) is 0 Å². The molecule has 9 heteroatoms. The molecule has 1 saturated heterocycles. The monoisotopic (exact) mass is 263 g/mol. The number of halogens is 1. The normalized spacial score (nSPS) is 19.7. The maximum absolute atomic E-state index is 11.2. The van der Waals surface area contributed by atoms with Crippen LogP contribution < -0.4 is 10.6 Å². The lowest BCUT2D eigenvalue weighted by atomic mass is 10.5. The Kier molecular flexibility index (Phi) is 2.85. The molecule has 0 aromatic carbocycles. The van der Waals surface area contributed by atoms with Crippen LogP contribution in [0.2, 0.25) is 5.28 Å². The molecule has 2 heterocycles. The SMILES string of the molecule is Nc1nc(Cl)nc(N2CCS(=O)(=O)CC2)n1. The summed E-state index contributed by atoms with van der Waals surface area (Å²) in [5.74, 6) is 0.544.